The first-order valence-electron chi connectivity index (χ1n) is 7.03. The molecule has 0 aromatic carbocycles. The molecule has 2 aliphatic rings. The Kier molecular flexibility index (Phi) is 5.26. The molecule has 5 heteroatoms. The van der Waals surface area contributed by atoms with Crippen molar-refractivity contribution in [2.75, 3.05) is 13.5 Å². The van der Waals surface area contributed by atoms with E-state index in [9.17, 15) is 4.79 Å². The lowest BCUT2D eigenvalue weighted by atomic mass is 10.3. The van der Waals surface area contributed by atoms with Gasteiger partial charge in [0.2, 0.25) is 0 Å². The van der Waals surface area contributed by atoms with Crippen molar-refractivity contribution in [3.63, 3.8) is 0 Å². The van der Waals surface area contributed by atoms with Crippen LogP contribution in [0.2, 0.25) is 0 Å². The molecular formula is C13H24N2O3. The highest BCUT2D eigenvalue weighted by atomic mass is 16.5. The molecule has 2 N–H and O–H groups in total. The first-order chi connectivity index (χ1) is 8.75. The SMILES string of the molecule is NC(=O)N(COC1CCCC1)COC1CCCC1. The molecule has 2 saturated carbocycles. The molecule has 2 aliphatic carbocycles. The zero-order chi connectivity index (χ0) is 12.8. The van der Waals surface area contributed by atoms with Gasteiger partial charge in [0.15, 0.2) is 0 Å². The molecule has 2 amide bonds. The minimum Gasteiger partial charge on any atom is -0.358 e. The van der Waals surface area contributed by atoms with Crippen molar-refractivity contribution in [1.29, 1.82) is 0 Å². The number of hydrogen-bond donors (Lipinski definition) is 1. The largest absolute Gasteiger partial charge is 0.358 e. The molecule has 0 bridgehead atoms. The van der Waals surface area contributed by atoms with Gasteiger partial charge >= 0.3 is 6.03 Å². The topological polar surface area (TPSA) is 64.8 Å². The normalized spacial score (nSPS) is 21.6. The summed E-state index contributed by atoms with van der Waals surface area (Å²) >= 11 is 0. The van der Waals surface area contributed by atoms with Gasteiger partial charge in [0.05, 0.1) is 12.2 Å². The summed E-state index contributed by atoms with van der Waals surface area (Å²) in [5.41, 5.74) is 5.33. The van der Waals surface area contributed by atoms with Gasteiger partial charge < -0.3 is 15.2 Å². The summed E-state index contributed by atoms with van der Waals surface area (Å²) in [6.45, 7) is 0.513. The molecule has 0 unspecified atom stereocenters. The van der Waals surface area contributed by atoms with Crippen molar-refractivity contribution in [2.24, 2.45) is 5.73 Å². The Morgan fingerprint density at radius 1 is 0.944 bits per heavy atom. The number of nitrogens with two attached hydrogens (primary N) is 1. The van der Waals surface area contributed by atoms with Crippen molar-refractivity contribution < 1.29 is 14.3 Å². The number of amides is 2. The standard InChI is InChI=1S/C13H24N2O3/c14-13(16)15(9-17-11-5-1-2-6-11)10-18-12-7-3-4-8-12/h11-12H,1-10H2,(H2,14,16). The van der Waals surface area contributed by atoms with Gasteiger partial charge in [-0.25, -0.2) is 4.79 Å². The maximum atomic E-state index is 11.3. The molecule has 0 atom stereocenters. The molecule has 0 spiro atoms. The zero-order valence-electron chi connectivity index (χ0n) is 11.0. The number of hydrogen-bond acceptors (Lipinski definition) is 3. The first-order valence-corrected chi connectivity index (χ1v) is 7.03. The molecule has 0 aliphatic heterocycles. The molecule has 2 rings (SSSR count). The summed E-state index contributed by atoms with van der Waals surface area (Å²) in [6.07, 6.45) is 9.84. The molecule has 0 saturated heterocycles. The molecule has 104 valence electrons. The van der Waals surface area contributed by atoms with E-state index in [2.05, 4.69) is 0 Å². The van der Waals surface area contributed by atoms with E-state index in [0.717, 1.165) is 25.7 Å². The van der Waals surface area contributed by atoms with E-state index in [-0.39, 0.29) is 13.5 Å². The van der Waals surface area contributed by atoms with Gasteiger partial charge in [0.1, 0.15) is 13.5 Å². The summed E-state index contributed by atoms with van der Waals surface area (Å²) in [5.74, 6) is 0. The van der Waals surface area contributed by atoms with Gasteiger partial charge in [-0.2, -0.15) is 0 Å². The highest BCUT2D eigenvalue weighted by Crippen LogP contribution is 2.22. The van der Waals surface area contributed by atoms with Crippen LogP contribution in [0.1, 0.15) is 51.4 Å². The average molecular weight is 256 g/mol. The molecule has 2 fully saturated rings. The van der Waals surface area contributed by atoms with Crippen LogP contribution in [0, 0.1) is 0 Å². The molecular weight excluding hydrogens is 232 g/mol. The lowest BCUT2D eigenvalue weighted by Gasteiger charge is -2.24. The van der Waals surface area contributed by atoms with E-state index in [1.165, 1.54) is 30.6 Å². The van der Waals surface area contributed by atoms with E-state index in [1.807, 2.05) is 0 Å². The van der Waals surface area contributed by atoms with Crippen molar-refractivity contribution in [2.45, 2.75) is 63.6 Å². The number of rotatable bonds is 6. The van der Waals surface area contributed by atoms with Crippen molar-refractivity contribution in [3.8, 4) is 0 Å². The maximum Gasteiger partial charge on any atom is 0.318 e. The molecule has 0 radical (unpaired) electrons. The third kappa shape index (κ3) is 4.14. The van der Waals surface area contributed by atoms with E-state index < -0.39 is 6.03 Å². The summed E-state index contributed by atoms with van der Waals surface area (Å²) < 4.78 is 11.4. The van der Waals surface area contributed by atoms with Crippen LogP contribution >= 0.6 is 0 Å². The Morgan fingerprint density at radius 3 is 1.67 bits per heavy atom. The molecule has 0 aromatic rings. The van der Waals surface area contributed by atoms with Gasteiger partial charge in [-0.1, -0.05) is 25.7 Å². The lowest BCUT2D eigenvalue weighted by molar-refractivity contribution is -0.0644. The Bertz CT molecular complexity index is 241. The fourth-order valence-corrected chi connectivity index (χ4v) is 2.67. The van der Waals surface area contributed by atoms with Crippen LogP contribution in [0.5, 0.6) is 0 Å². The Balaban J connectivity index is 1.67. The van der Waals surface area contributed by atoms with Gasteiger partial charge in [-0.15, -0.1) is 0 Å². The second kappa shape index (κ2) is 6.95. The summed E-state index contributed by atoms with van der Waals surface area (Å²) in [7, 11) is 0. The minimum absolute atomic E-state index is 0.257. The molecule has 0 heterocycles. The molecule has 5 nitrogen and oxygen atoms in total. The van der Waals surface area contributed by atoms with Gasteiger partial charge in [0.25, 0.3) is 0 Å². The number of urea groups is 1. The summed E-state index contributed by atoms with van der Waals surface area (Å²) in [4.78, 5) is 12.7. The third-order valence-electron chi connectivity index (χ3n) is 3.85. The number of primary amides is 1. The quantitative estimate of drug-likeness (QED) is 0.741. The van der Waals surface area contributed by atoms with E-state index in [1.54, 1.807) is 0 Å². The van der Waals surface area contributed by atoms with Crippen LogP contribution in [0.4, 0.5) is 4.79 Å². The third-order valence-corrected chi connectivity index (χ3v) is 3.85. The van der Waals surface area contributed by atoms with Crippen molar-refractivity contribution >= 4 is 6.03 Å². The van der Waals surface area contributed by atoms with Crippen LogP contribution in [0.15, 0.2) is 0 Å². The van der Waals surface area contributed by atoms with Crippen LogP contribution in [0.25, 0.3) is 0 Å². The molecule has 18 heavy (non-hydrogen) atoms. The number of ether oxygens (including phenoxy) is 2. The fourth-order valence-electron chi connectivity index (χ4n) is 2.67. The van der Waals surface area contributed by atoms with E-state index in [0.29, 0.717) is 12.2 Å². The minimum atomic E-state index is -0.467. The smallest absolute Gasteiger partial charge is 0.318 e. The zero-order valence-corrected chi connectivity index (χ0v) is 11.0. The summed E-state index contributed by atoms with van der Waals surface area (Å²) in [5, 5.41) is 0. The predicted octanol–water partition coefficient (Wildman–Crippen LogP) is 2.20. The highest BCUT2D eigenvalue weighted by Gasteiger charge is 2.20. The Morgan fingerprint density at radius 2 is 1.33 bits per heavy atom. The van der Waals surface area contributed by atoms with Gasteiger partial charge in [0, 0.05) is 0 Å². The van der Waals surface area contributed by atoms with Crippen LogP contribution in [-0.2, 0) is 9.47 Å². The predicted molar refractivity (Wildman–Crippen MR) is 67.8 cm³/mol. The van der Waals surface area contributed by atoms with Crippen molar-refractivity contribution in [3.05, 3.63) is 0 Å². The number of carbonyl (C=O) groups is 1. The molecule has 0 aromatic heterocycles. The Labute approximate surface area is 109 Å². The van der Waals surface area contributed by atoms with Crippen molar-refractivity contribution in [1.82, 2.24) is 4.90 Å². The van der Waals surface area contributed by atoms with Crippen LogP contribution in [-0.4, -0.2) is 36.6 Å². The fraction of sp³-hybridized carbons (Fsp3) is 0.923. The van der Waals surface area contributed by atoms with Gasteiger partial charge in [-0.3, -0.25) is 4.90 Å². The second-order valence-electron chi connectivity index (χ2n) is 5.28. The van der Waals surface area contributed by atoms with Gasteiger partial charge in [-0.05, 0) is 25.7 Å². The summed E-state index contributed by atoms with van der Waals surface area (Å²) in [6, 6.07) is -0.467. The monoisotopic (exact) mass is 256 g/mol. The average Bonchev–Trinajstić information content (AvgIpc) is 3.00. The second-order valence-corrected chi connectivity index (χ2v) is 5.28. The first kappa shape index (κ1) is 13.6. The van der Waals surface area contributed by atoms with E-state index >= 15 is 0 Å². The number of nitrogens with zero attached hydrogens (tertiary/aromatic N) is 1. The number of carbonyl (C=O) groups excluding carboxylic acids is 1. The maximum absolute atomic E-state index is 11.3. The van der Waals surface area contributed by atoms with Crippen LogP contribution < -0.4 is 5.73 Å². The lowest BCUT2D eigenvalue weighted by Crippen LogP contribution is -2.40. The van der Waals surface area contributed by atoms with Crippen LogP contribution in [0.3, 0.4) is 0 Å². The Hall–Kier alpha value is -0.810. The van der Waals surface area contributed by atoms with E-state index in [4.69, 9.17) is 15.2 Å². The highest BCUT2D eigenvalue weighted by molar-refractivity contribution is 5.71.